The van der Waals surface area contributed by atoms with E-state index in [0.29, 0.717) is 5.92 Å². The molecule has 15 heavy (non-hydrogen) atoms. The van der Waals surface area contributed by atoms with E-state index >= 15 is 0 Å². The quantitative estimate of drug-likeness (QED) is 0.737. The Labute approximate surface area is 91.3 Å². The summed E-state index contributed by atoms with van der Waals surface area (Å²) in [5.74, 6) is 1.49. The number of rotatable bonds is 6. The van der Waals surface area contributed by atoms with Crippen LogP contribution in [-0.2, 0) is 6.54 Å². The Morgan fingerprint density at radius 3 is 2.80 bits per heavy atom. The van der Waals surface area contributed by atoms with Gasteiger partial charge < -0.3 is 15.0 Å². The Kier molecular flexibility index (Phi) is 4.78. The molecule has 1 aromatic heterocycles. The maximum Gasteiger partial charge on any atom is 0.111 e. The number of aliphatic hydroxyl groups excluding tert-OH is 1. The summed E-state index contributed by atoms with van der Waals surface area (Å²) in [6.45, 7) is 8.10. The molecule has 0 aliphatic heterocycles. The second-order valence-corrected chi connectivity index (χ2v) is 4.03. The molecule has 4 nitrogen and oxygen atoms in total. The van der Waals surface area contributed by atoms with Crippen LogP contribution in [0.5, 0.6) is 0 Å². The summed E-state index contributed by atoms with van der Waals surface area (Å²) in [6.07, 6.45) is 3.78. The maximum absolute atomic E-state index is 9.19. The van der Waals surface area contributed by atoms with Crippen LogP contribution in [0.15, 0.2) is 12.4 Å². The van der Waals surface area contributed by atoms with E-state index in [1.807, 2.05) is 19.3 Å². The molecule has 0 aliphatic carbocycles. The summed E-state index contributed by atoms with van der Waals surface area (Å²) >= 11 is 0. The molecule has 0 spiro atoms. The van der Waals surface area contributed by atoms with Gasteiger partial charge in [-0.25, -0.2) is 4.98 Å². The fraction of sp³-hybridized carbons (Fsp3) is 0.727. The van der Waals surface area contributed by atoms with Gasteiger partial charge in [0.25, 0.3) is 0 Å². The first-order valence-corrected chi connectivity index (χ1v) is 5.54. The number of aromatic nitrogens is 2. The van der Waals surface area contributed by atoms with Crippen LogP contribution in [0.2, 0.25) is 0 Å². The van der Waals surface area contributed by atoms with Crippen molar-refractivity contribution in [3.63, 3.8) is 0 Å². The van der Waals surface area contributed by atoms with Crippen LogP contribution in [0, 0.1) is 0 Å². The number of imidazole rings is 1. The largest absolute Gasteiger partial charge is 0.395 e. The highest BCUT2D eigenvalue weighted by Gasteiger charge is 2.11. The van der Waals surface area contributed by atoms with Gasteiger partial charge in [0, 0.05) is 30.9 Å². The van der Waals surface area contributed by atoms with Gasteiger partial charge >= 0.3 is 0 Å². The van der Waals surface area contributed by atoms with Gasteiger partial charge in [-0.1, -0.05) is 20.8 Å². The minimum absolute atomic E-state index is 0.113. The zero-order valence-corrected chi connectivity index (χ0v) is 9.77. The lowest BCUT2D eigenvalue weighted by atomic mass is 10.2. The summed E-state index contributed by atoms with van der Waals surface area (Å²) in [5.41, 5.74) is 0. The molecule has 0 amide bonds. The summed E-state index contributed by atoms with van der Waals surface area (Å²) in [7, 11) is 0. The zero-order chi connectivity index (χ0) is 11.3. The zero-order valence-electron chi connectivity index (χ0n) is 9.77. The number of hydrogen-bond acceptors (Lipinski definition) is 3. The smallest absolute Gasteiger partial charge is 0.111 e. The van der Waals surface area contributed by atoms with Crippen molar-refractivity contribution in [3.05, 3.63) is 18.2 Å². The first-order valence-electron chi connectivity index (χ1n) is 5.54. The maximum atomic E-state index is 9.19. The van der Waals surface area contributed by atoms with Crippen molar-refractivity contribution in [2.24, 2.45) is 0 Å². The molecule has 1 aromatic rings. The molecule has 0 saturated heterocycles. The predicted octanol–water partition coefficient (Wildman–Crippen LogP) is 0.977. The number of likely N-dealkylation sites (N-methyl/N-ethyl adjacent to an activating group) is 1. The first kappa shape index (κ1) is 12.2. The normalized spacial score (nSPS) is 13.4. The van der Waals surface area contributed by atoms with Crippen molar-refractivity contribution in [1.29, 1.82) is 0 Å². The third kappa shape index (κ3) is 3.32. The van der Waals surface area contributed by atoms with E-state index in [9.17, 15) is 5.11 Å². The van der Waals surface area contributed by atoms with E-state index in [-0.39, 0.29) is 12.6 Å². The van der Waals surface area contributed by atoms with Crippen LogP contribution in [0.1, 0.15) is 32.5 Å². The van der Waals surface area contributed by atoms with Gasteiger partial charge in [-0.3, -0.25) is 0 Å². The molecule has 4 heteroatoms. The van der Waals surface area contributed by atoms with Gasteiger partial charge in [-0.2, -0.15) is 0 Å². The Balaban J connectivity index is 2.65. The minimum atomic E-state index is 0.113. The molecule has 0 saturated carbocycles. The Bertz CT molecular complexity index is 283. The molecule has 1 rings (SSSR count). The van der Waals surface area contributed by atoms with E-state index in [2.05, 4.69) is 28.7 Å². The molecule has 1 unspecified atom stereocenters. The van der Waals surface area contributed by atoms with E-state index in [0.717, 1.165) is 18.9 Å². The van der Waals surface area contributed by atoms with Crippen LogP contribution in [-0.4, -0.2) is 33.9 Å². The lowest BCUT2D eigenvalue weighted by Gasteiger charge is -2.18. The van der Waals surface area contributed by atoms with Gasteiger partial charge in [0.15, 0.2) is 0 Å². The van der Waals surface area contributed by atoms with Gasteiger partial charge in [0.05, 0.1) is 6.61 Å². The standard InChI is InChI=1S/C11H21N3O/c1-4-12-10(8-15)7-14-6-5-13-11(14)9(2)3/h5-6,9-10,12,15H,4,7-8H2,1-3H3. The second-order valence-electron chi connectivity index (χ2n) is 4.03. The molecule has 1 heterocycles. The van der Waals surface area contributed by atoms with Crippen molar-refractivity contribution in [3.8, 4) is 0 Å². The van der Waals surface area contributed by atoms with Gasteiger partial charge in [-0.15, -0.1) is 0 Å². The topological polar surface area (TPSA) is 50.1 Å². The van der Waals surface area contributed by atoms with Gasteiger partial charge in [0.2, 0.25) is 0 Å². The molecule has 0 aromatic carbocycles. The summed E-state index contributed by atoms with van der Waals surface area (Å²) in [6, 6.07) is 0.113. The third-order valence-electron chi connectivity index (χ3n) is 2.39. The molecule has 0 radical (unpaired) electrons. The molecule has 0 fully saturated rings. The van der Waals surface area contributed by atoms with Crippen molar-refractivity contribution in [2.45, 2.75) is 39.3 Å². The highest BCUT2D eigenvalue weighted by Crippen LogP contribution is 2.11. The lowest BCUT2D eigenvalue weighted by molar-refractivity contribution is 0.229. The van der Waals surface area contributed by atoms with E-state index in [4.69, 9.17) is 0 Å². The van der Waals surface area contributed by atoms with E-state index < -0.39 is 0 Å². The molecule has 86 valence electrons. The van der Waals surface area contributed by atoms with Crippen LogP contribution in [0.4, 0.5) is 0 Å². The Morgan fingerprint density at radius 2 is 2.27 bits per heavy atom. The second kappa shape index (κ2) is 5.88. The highest BCUT2D eigenvalue weighted by molar-refractivity contribution is 4.98. The van der Waals surface area contributed by atoms with E-state index in [1.54, 1.807) is 0 Å². The third-order valence-corrected chi connectivity index (χ3v) is 2.39. The molecular weight excluding hydrogens is 190 g/mol. The SMILES string of the molecule is CCNC(CO)Cn1ccnc1C(C)C. The summed E-state index contributed by atoms with van der Waals surface area (Å²) in [5, 5.41) is 12.4. The molecule has 2 N–H and O–H groups in total. The van der Waals surface area contributed by atoms with Crippen molar-refractivity contribution in [1.82, 2.24) is 14.9 Å². The van der Waals surface area contributed by atoms with Crippen LogP contribution in [0.3, 0.4) is 0 Å². The number of nitrogens with one attached hydrogen (secondary N) is 1. The number of hydrogen-bond donors (Lipinski definition) is 2. The van der Waals surface area contributed by atoms with Gasteiger partial charge in [0.1, 0.15) is 5.82 Å². The van der Waals surface area contributed by atoms with E-state index in [1.165, 1.54) is 0 Å². The lowest BCUT2D eigenvalue weighted by Crippen LogP contribution is -2.36. The monoisotopic (exact) mass is 211 g/mol. The number of nitrogens with zero attached hydrogens (tertiary/aromatic N) is 2. The van der Waals surface area contributed by atoms with Crippen LogP contribution in [0.25, 0.3) is 0 Å². The fourth-order valence-corrected chi connectivity index (χ4v) is 1.69. The molecule has 1 atom stereocenters. The summed E-state index contributed by atoms with van der Waals surface area (Å²) < 4.78 is 2.11. The average Bonchev–Trinajstić information content (AvgIpc) is 2.65. The minimum Gasteiger partial charge on any atom is -0.395 e. The molecular formula is C11H21N3O. The van der Waals surface area contributed by atoms with Crippen LogP contribution < -0.4 is 5.32 Å². The fourth-order valence-electron chi connectivity index (χ4n) is 1.69. The summed E-state index contributed by atoms with van der Waals surface area (Å²) in [4.78, 5) is 4.32. The van der Waals surface area contributed by atoms with Crippen LogP contribution >= 0.6 is 0 Å². The highest BCUT2D eigenvalue weighted by atomic mass is 16.3. The van der Waals surface area contributed by atoms with Crippen molar-refractivity contribution >= 4 is 0 Å². The van der Waals surface area contributed by atoms with Crippen molar-refractivity contribution < 1.29 is 5.11 Å². The van der Waals surface area contributed by atoms with Gasteiger partial charge in [-0.05, 0) is 6.54 Å². The number of aliphatic hydroxyl groups is 1. The Hall–Kier alpha value is -0.870. The molecule has 0 aliphatic rings. The Morgan fingerprint density at radius 1 is 1.53 bits per heavy atom. The first-order chi connectivity index (χ1) is 7.19. The molecule has 0 bridgehead atoms. The average molecular weight is 211 g/mol. The van der Waals surface area contributed by atoms with Crippen molar-refractivity contribution in [2.75, 3.05) is 13.2 Å². The predicted molar refractivity (Wildman–Crippen MR) is 60.9 cm³/mol.